The molecule has 0 aliphatic carbocycles. The highest BCUT2D eigenvalue weighted by atomic mass is 127. The number of nitrogens with zero attached hydrogens (tertiary/aromatic N) is 2. The van der Waals surface area contributed by atoms with Crippen molar-refractivity contribution in [3.63, 3.8) is 0 Å². The van der Waals surface area contributed by atoms with Crippen molar-refractivity contribution in [3.05, 3.63) is 58.9 Å². The minimum absolute atomic E-state index is 0.667. The minimum atomic E-state index is 0.667. The number of halogens is 2. The number of hydrogen-bond acceptors (Lipinski definition) is 2. The summed E-state index contributed by atoms with van der Waals surface area (Å²) in [5.41, 5.74) is 3.70. The van der Waals surface area contributed by atoms with Crippen LogP contribution >= 0.6 is 34.2 Å². The van der Waals surface area contributed by atoms with Gasteiger partial charge >= 0.3 is 0 Å². The third kappa shape index (κ3) is 3.09. The normalized spacial score (nSPS) is 17.9. The second-order valence-corrected chi connectivity index (χ2v) is 6.53. The van der Waals surface area contributed by atoms with Gasteiger partial charge in [-0.15, -0.1) is 0 Å². The molecule has 1 aromatic heterocycles. The summed E-state index contributed by atoms with van der Waals surface area (Å²) in [6.07, 6.45) is 2.82. The van der Waals surface area contributed by atoms with Crippen LogP contribution in [-0.2, 0) is 13.0 Å². The van der Waals surface area contributed by atoms with E-state index in [2.05, 4.69) is 68.9 Å². The maximum Gasteiger partial charge on any atom is 0.0641 e. The monoisotopic (exact) mass is 398 g/mol. The van der Waals surface area contributed by atoms with E-state index in [1.165, 1.54) is 16.9 Å². The molecule has 20 heavy (non-hydrogen) atoms. The van der Waals surface area contributed by atoms with E-state index in [1.807, 2.05) is 0 Å². The van der Waals surface area contributed by atoms with Crippen LogP contribution in [0.25, 0.3) is 0 Å². The standard InChI is InChI=1S/C16H16ClIN2/c17-14-7-16-15(19-9-14)6-13(8-18)11-20(16)10-12-4-2-1-3-5-12/h1-5,7,9,13H,6,8,10-11H2/t13-/m1/s1. The highest BCUT2D eigenvalue weighted by Crippen LogP contribution is 2.32. The smallest absolute Gasteiger partial charge is 0.0641 e. The number of hydrogen-bond donors (Lipinski definition) is 0. The number of aromatic nitrogens is 1. The molecule has 4 heteroatoms. The Kier molecular flexibility index (Phi) is 4.46. The van der Waals surface area contributed by atoms with Gasteiger partial charge in [0.15, 0.2) is 0 Å². The molecule has 2 nitrogen and oxygen atoms in total. The Morgan fingerprint density at radius 3 is 2.85 bits per heavy atom. The van der Waals surface area contributed by atoms with Crippen LogP contribution in [0.3, 0.4) is 0 Å². The molecule has 0 spiro atoms. The van der Waals surface area contributed by atoms with Crippen LogP contribution in [0, 0.1) is 5.92 Å². The molecule has 0 N–H and O–H groups in total. The lowest BCUT2D eigenvalue weighted by molar-refractivity contribution is 0.535. The molecule has 104 valence electrons. The Balaban J connectivity index is 1.91. The second-order valence-electron chi connectivity index (χ2n) is 5.21. The van der Waals surface area contributed by atoms with Gasteiger partial charge in [-0.3, -0.25) is 4.98 Å². The zero-order valence-electron chi connectivity index (χ0n) is 11.1. The summed E-state index contributed by atoms with van der Waals surface area (Å²) < 4.78 is 1.16. The minimum Gasteiger partial charge on any atom is -0.365 e. The summed E-state index contributed by atoms with van der Waals surface area (Å²) in [5, 5.41) is 0.717. The fraction of sp³-hybridized carbons (Fsp3) is 0.312. The van der Waals surface area contributed by atoms with Gasteiger partial charge in [-0.25, -0.2) is 0 Å². The first-order valence-electron chi connectivity index (χ1n) is 6.75. The Morgan fingerprint density at radius 1 is 1.30 bits per heavy atom. The van der Waals surface area contributed by atoms with E-state index in [0.717, 1.165) is 29.0 Å². The first kappa shape index (κ1) is 14.1. The van der Waals surface area contributed by atoms with Crippen LogP contribution in [0.2, 0.25) is 5.02 Å². The average Bonchev–Trinajstić information content (AvgIpc) is 2.48. The molecule has 1 atom stereocenters. The summed E-state index contributed by atoms with van der Waals surface area (Å²) in [6, 6.07) is 12.6. The van der Waals surface area contributed by atoms with Gasteiger partial charge in [0.05, 0.1) is 16.4 Å². The number of fused-ring (bicyclic) bond motifs is 1. The van der Waals surface area contributed by atoms with Crippen molar-refractivity contribution in [2.24, 2.45) is 5.92 Å². The van der Waals surface area contributed by atoms with E-state index in [4.69, 9.17) is 11.6 Å². The van der Waals surface area contributed by atoms with Gasteiger partial charge in [0, 0.05) is 23.7 Å². The van der Waals surface area contributed by atoms with Crippen molar-refractivity contribution in [1.29, 1.82) is 0 Å². The quantitative estimate of drug-likeness (QED) is 0.564. The van der Waals surface area contributed by atoms with Crippen molar-refractivity contribution in [1.82, 2.24) is 4.98 Å². The molecule has 3 rings (SSSR count). The van der Waals surface area contributed by atoms with Gasteiger partial charge in [-0.1, -0.05) is 64.5 Å². The van der Waals surface area contributed by atoms with Crippen LogP contribution in [-0.4, -0.2) is 16.0 Å². The lowest BCUT2D eigenvalue weighted by atomic mass is 9.97. The van der Waals surface area contributed by atoms with Crippen molar-refractivity contribution in [2.45, 2.75) is 13.0 Å². The van der Waals surface area contributed by atoms with Gasteiger partial charge in [-0.05, 0) is 24.0 Å². The van der Waals surface area contributed by atoms with Crippen molar-refractivity contribution in [2.75, 3.05) is 15.9 Å². The highest BCUT2D eigenvalue weighted by molar-refractivity contribution is 14.1. The third-order valence-corrected chi connectivity index (χ3v) is 5.10. The maximum atomic E-state index is 6.12. The third-order valence-electron chi connectivity index (χ3n) is 3.65. The van der Waals surface area contributed by atoms with Gasteiger partial charge in [0.2, 0.25) is 0 Å². The molecule has 1 aliphatic heterocycles. The Morgan fingerprint density at radius 2 is 2.10 bits per heavy atom. The zero-order chi connectivity index (χ0) is 13.9. The van der Waals surface area contributed by atoms with E-state index in [1.54, 1.807) is 6.20 Å². The number of pyridine rings is 1. The largest absolute Gasteiger partial charge is 0.365 e. The number of anilines is 1. The molecule has 1 aromatic carbocycles. The van der Waals surface area contributed by atoms with E-state index < -0.39 is 0 Å². The lowest BCUT2D eigenvalue weighted by Gasteiger charge is -2.35. The van der Waals surface area contributed by atoms with Crippen LogP contribution in [0.4, 0.5) is 5.69 Å². The maximum absolute atomic E-state index is 6.12. The van der Waals surface area contributed by atoms with Gasteiger partial charge < -0.3 is 4.90 Å². The van der Waals surface area contributed by atoms with Crippen LogP contribution < -0.4 is 4.90 Å². The Hall–Kier alpha value is -0.810. The molecule has 0 amide bonds. The second kappa shape index (κ2) is 6.31. The van der Waals surface area contributed by atoms with Gasteiger partial charge in [0.1, 0.15) is 0 Å². The summed E-state index contributed by atoms with van der Waals surface area (Å²) >= 11 is 8.60. The van der Waals surface area contributed by atoms with E-state index in [9.17, 15) is 0 Å². The predicted octanol–water partition coefficient (Wildman–Crippen LogP) is 4.35. The Bertz CT molecular complexity index is 588. The van der Waals surface area contributed by atoms with Crippen LogP contribution in [0.1, 0.15) is 11.3 Å². The highest BCUT2D eigenvalue weighted by Gasteiger charge is 2.25. The van der Waals surface area contributed by atoms with Crippen molar-refractivity contribution >= 4 is 39.9 Å². The molecule has 2 heterocycles. The number of rotatable bonds is 3. The summed E-state index contributed by atoms with van der Waals surface area (Å²) in [4.78, 5) is 6.94. The van der Waals surface area contributed by atoms with Crippen molar-refractivity contribution in [3.8, 4) is 0 Å². The Labute approximate surface area is 138 Å². The first-order chi connectivity index (χ1) is 9.76. The molecule has 0 radical (unpaired) electrons. The van der Waals surface area contributed by atoms with Gasteiger partial charge in [-0.2, -0.15) is 0 Å². The topological polar surface area (TPSA) is 16.1 Å². The molecular weight excluding hydrogens is 383 g/mol. The molecule has 0 saturated heterocycles. The summed E-state index contributed by atoms with van der Waals surface area (Å²) in [6.45, 7) is 2.00. The number of alkyl halides is 1. The molecular formula is C16H16ClIN2. The molecule has 0 unspecified atom stereocenters. The molecule has 0 fully saturated rings. The first-order valence-corrected chi connectivity index (χ1v) is 8.66. The van der Waals surface area contributed by atoms with Crippen LogP contribution in [0.15, 0.2) is 42.6 Å². The summed E-state index contributed by atoms with van der Waals surface area (Å²) in [5.74, 6) is 0.667. The molecule has 2 aromatic rings. The SMILES string of the molecule is Clc1cnc2c(c1)N(Cc1ccccc1)C[C@@H](CI)C2. The van der Waals surface area contributed by atoms with E-state index >= 15 is 0 Å². The zero-order valence-corrected chi connectivity index (χ0v) is 14.0. The molecule has 1 aliphatic rings. The fourth-order valence-electron chi connectivity index (χ4n) is 2.69. The molecule has 0 bridgehead atoms. The van der Waals surface area contributed by atoms with Crippen molar-refractivity contribution < 1.29 is 0 Å². The fourth-order valence-corrected chi connectivity index (χ4v) is 3.43. The van der Waals surface area contributed by atoms with E-state index in [-0.39, 0.29) is 0 Å². The molecule has 0 saturated carbocycles. The van der Waals surface area contributed by atoms with E-state index in [0.29, 0.717) is 5.92 Å². The number of benzene rings is 1. The summed E-state index contributed by atoms with van der Waals surface area (Å²) in [7, 11) is 0. The van der Waals surface area contributed by atoms with Crippen LogP contribution in [0.5, 0.6) is 0 Å². The van der Waals surface area contributed by atoms with Gasteiger partial charge in [0.25, 0.3) is 0 Å². The lowest BCUT2D eigenvalue weighted by Crippen LogP contribution is -2.36. The predicted molar refractivity (Wildman–Crippen MR) is 92.8 cm³/mol. The average molecular weight is 399 g/mol.